The number of benzene rings is 1. The predicted molar refractivity (Wildman–Crippen MR) is 81.9 cm³/mol. The molecule has 5 nitrogen and oxygen atoms in total. The molecule has 1 aromatic heterocycles. The van der Waals surface area contributed by atoms with Gasteiger partial charge in [-0.1, -0.05) is 12.1 Å². The number of hydrogen-bond acceptors (Lipinski definition) is 5. The molecule has 21 heavy (non-hydrogen) atoms. The summed E-state index contributed by atoms with van der Waals surface area (Å²) in [6.45, 7) is 4.73. The number of furan rings is 1. The van der Waals surface area contributed by atoms with Crippen molar-refractivity contribution in [2.75, 3.05) is 40.6 Å². The number of nitrogens with one attached hydrogen (secondary N) is 1. The Morgan fingerprint density at radius 2 is 2.05 bits per heavy atom. The molecule has 2 rings (SSSR count). The first-order valence-electron chi connectivity index (χ1n) is 7.12. The van der Waals surface area contributed by atoms with Crippen LogP contribution in [0.15, 0.2) is 28.7 Å². The molecule has 0 saturated heterocycles. The second-order valence-electron chi connectivity index (χ2n) is 4.81. The summed E-state index contributed by atoms with van der Waals surface area (Å²) in [6.07, 6.45) is 0. The van der Waals surface area contributed by atoms with E-state index >= 15 is 0 Å². The van der Waals surface area contributed by atoms with E-state index in [1.807, 2.05) is 24.3 Å². The SMILES string of the molecule is COCCOCCNC(C)c1cc2cccc(OC)c2o1. The quantitative estimate of drug-likeness (QED) is 0.720. The number of hydrogen-bond donors (Lipinski definition) is 1. The predicted octanol–water partition coefficient (Wildman–Crippen LogP) is 2.76. The minimum atomic E-state index is 0.119. The lowest BCUT2D eigenvalue weighted by Gasteiger charge is -2.11. The molecule has 0 fully saturated rings. The lowest BCUT2D eigenvalue weighted by molar-refractivity contribution is 0.0710. The van der Waals surface area contributed by atoms with Crippen molar-refractivity contribution in [1.82, 2.24) is 5.32 Å². The van der Waals surface area contributed by atoms with Gasteiger partial charge in [0.15, 0.2) is 11.3 Å². The largest absolute Gasteiger partial charge is 0.493 e. The van der Waals surface area contributed by atoms with Crippen LogP contribution in [-0.4, -0.2) is 40.6 Å². The Morgan fingerprint density at radius 1 is 1.19 bits per heavy atom. The maximum atomic E-state index is 5.90. The normalized spacial score (nSPS) is 12.7. The molecule has 0 aliphatic rings. The highest BCUT2D eigenvalue weighted by molar-refractivity contribution is 5.83. The van der Waals surface area contributed by atoms with Gasteiger partial charge in [-0.05, 0) is 19.1 Å². The van der Waals surface area contributed by atoms with Crippen LogP contribution in [0.1, 0.15) is 18.7 Å². The molecule has 2 aromatic rings. The van der Waals surface area contributed by atoms with Gasteiger partial charge in [0.05, 0.1) is 33.0 Å². The Morgan fingerprint density at radius 3 is 2.81 bits per heavy atom. The zero-order chi connectivity index (χ0) is 15.1. The second kappa shape index (κ2) is 8.02. The standard InChI is InChI=1S/C16H23NO4/c1-12(17-7-8-20-10-9-18-2)15-11-13-5-4-6-14(19-3)16(13)21-15/h4-6,11-12,17H,7-10H2,1-3H3. The van der Waals surface area contributed by atoms with Gasteiger partial charge in [0.25, 0.3) is 0 Å². The molecule has 1 atom stereocenters. The van der Waals surface area contributed by atoms with Gasteiger partial charge in [-0.2, -0.15) is 0 Å². The van der Waals surface area contributed by atoms with E-state index < -0.39 is 0 Å². The molecule has 0 aliphatic carbocycles. The summed E-state index contributed by atoms with van der Waals surface area (Å²) in [5.41, 5.74) is 0.792. The van der Waals surface area contributed by atoms with E-state index in [2.05, 4.69) is 12.2 Å². The van der Waals surface area contributed by atoms with Crippen LogP contribution in [0, 0.1) is 0 Å². The molecular formula is C16H23NO4. The highest BCUT2D eigenvalue weighted by atomic mass is 16.5. The number of ether oxygens (including phenoxy) is 3. The summed E-state index contributed by atoms with van der Waals surface area (Å²) in [5.74, 6) is 1.65. The van der Waals surface area contributed by atoms with E-state index in [9.17, 15) is 0 Å². The molecule has 1 N–H and O–H groups in total. The summed E-state index contributed by atoms with van der Waals surface area (Å²) in [7, 11) is 3.32. The first-order valence-corrected chi connectivity index (χ1v) is 7.12. The Bertz CT molecular complexity index is 552. The highest BCUT2D eigenvalue weighted by Gasteiger charge is 2.13. The van der Waals surface area contributed by atoms with Gasteiger partial charge in [0, 0.05) is 19.0 Å². The van der Waals surface area contributed by atoms with Crippen LogP contribution in [0.2, 0.25) is 0 Å². The van der Waals surface area contributed by atoms with Crippen LogP contribution in [0.5, 0.6) is 5.75 Å². The lowest BCUT2D eigenvalue weighted by atomic mass is 10.2. The number of para-hydroxylation sites is 1. The minimum Gasteiger partial charge on any atom is -0.493 e. The first-order chi connectivity index (χ1) is 10.3. The molecule has 0 spiro atoms. The van der Waals surface area contributed by atoms with Gasteiger partial charge < -0.3 is 23.9 Å². The zero-order valence-electron chi connectivity index (χ0n) is 12.8. The average molecular weight is 293 g/mol. The van der Waals surface area contributed by atoms with Crippen LogP contribution in [0.4, 0.5) is 0 Å². The van der Waals surface area contributed by atoms with Gasteiger partial charge in [-0.3, -0.25) is 0 Å². The summed E-state index contributed by atoms with van der Waals surface area (Å²) < 4.78 is 21.5. The Labute approximate surface area is 125 Å². The van der Waals surface area contributed by atoms with Crippen molar-refractivity contribution in [3.63, 3.8) is 0 Å². The second-order valence-corrected chi connectivity index (χ2v) is 4.81. The summed E-state index contributed by atoms with van der Waals surface area (Å²) in [6, 6.07) is 8.04. The van der Waals surface area contributed by atoms with Gasteiger partial charge in [0.2, 0.25) is 0 Å². The van der Waals surface area contributed by atoms with E-state index in [1.54, 1.807) is 14.2 Å². The molecule has 0 aliphatic heterocycles. The Kier molecular flexibility index (Phi) is 6.04. The van der Waals surface area contributed by atoms with Crippen molar-refractivity contribution in [3.8, 4) is 5.75 Å². The minimum absolute atomic E-state index is 0.119. The van der Waals surface area contributed by atoms with Crippen molar-refractivity contribution in [2.45, 2.75) is 13.0 Å². The maximum Gasteiger partial charge on any atom is 0.176 e. The molecule has 5 heteroatoms. The molecule has 1 unspecified atom stereocenters. The summed E-state index contributed by atoms with van der Waals surface area (Å²) in [4.78, 5) is 0. The molecule has 0 bridgehead atoms. The highest BCUT2D eigenvalue weighted by Crippen LogP contribution is 2.30. The third-order valence-corrected chi connectivity index (χ3v) is 3.30. The maximum absolute atomic E-state index is 5.90. The summed E-state index contributed by atoms with van der Waals surface area (Å²) in [5, 5.41) is 4.42. The summed E-state index contributed by atoms with van der Waals surface area (Å²) >= 11 is 0. The topological polar surface area (TPSA) is 52.9 Å². The smallest absolute Gasteiger partial charge is 0.176 e. The number of methoxy groups -OCH3 is 2. The van der Waals surface area contributed by atoms with Crippen LogP contribution >= 0.6 is 0 Å². The molecule has 1 aromatic carbocycles. The van der Waals surface area contributed by atoms with E-state index in [0.29, 0.717) is 19.8 Å². The molecule has 1 heterocycles. The molecule has 0 radical (unpaired) electrons. The monoisotopic (exact) mass is 293 g/mol. The van der Waals surface area contributed by atoms with Crippen LogP contribution < -0.4 is 10.1 Å². The van der Waals surface area contributed by atoms with Crippen LogP contribution in [0.25, 0.3) is 11.0 Å². The van der Waals surface area contributed by atoms with E-state index in [1.165, 1.54) is 0 Å². The third kappa shape index (κ3) is 4.20. The van der Waals surface area contributed by atoms with Crippen molar-refractivity contribution in [3.05, 3.63) is 30.0 Å². The van der Waals surface area contributed by atoms with Crippen molar-refractivity contribution in [1.29, 1.82) is 0 Å². The lowest BCUT2D eigenvalue weighted by Crippen LogP contribution is -2.23. The van der Waals surface area contributed by atoms with E-state index in [4.69, 9.17) is 18.6 Å². The van der Waals surface area contributed by atoms with Gasteiger partial charge in [-0.25, -0.2) is 0 Å². The van der Waals surface area contributed by atoms with Gasteiger partial charge >= 0.3 is 0 Å². The van der Waals surface area contributed by atoms with Crippen molar-refractivity contribution < 1.29 is 18.6 Å². The van der Waals surface area contributed by atoms with Crippen LogP contribution in [-0.2, 0) is 9.47 Å². The van der Waals surface area contributed by atoms with E-state index in [-0.39, 0.29) is 6.04 Å². The molecular weight excluding hydrogens is 270 g/mol. The molecule has 0 saturated carbocycles. The molecule has 0 amide bonds. The number of fused-ring (bicyclic) bond motifs is 1. The third-order valence-electron chi connectivity index (χ3n) is 3.30. The Balaban J connectivity index is 1.89. The van der Waals surface area contributed by atoms with Crippen LogP contribution in [0.3, 0.4) is 0 Å². The average Bonchev–Trinajstić information content (AvgIpc) is 2.94. The van der Waals surface area contributed by atoms with Crippen molar-refractivity contribution in [2.24, 2.45) is 0 Å². The first kappa shape index (κ1) is 15.8. The fourth-order valence-electron chi connectivity index (χ4n) is 2.12. The molecule has 116 valence electrons. The zero-order valence-corrected chi connectivity index (χ0v) is 12.8. The van der Waals surface area contributed by atoms with E-state index in [0.717, 1.165) is 29.0 Å². The van der Waals surface area contributed by atoms with Gasteiger partial charge in [-0.15, -0.1) is 0 Å². The fraction of sp³-hybridized carbons (Fsp3) is 0.500. The Hall–Kier alpha value is -1.56. The fourth-order valence-corrected chi connectivity index (χ4v) is 2.12. The van der Waals surface area contributed by atoms with Crippen molar-refractivity contribution >= 4 is 11.0 Å². The number of rotatable bonds is 9. The van der Waals surface area contributed by atoms with Gasteiger partial charge in [0.1, 0.15) is 5.76 Å².